The van der Waals surface area contributed by atoms with Crippen LogP contribution in [0.3, 0.4) is 0 Å². The van der Waals surface area contributed by atoms with E-state index in [-0.39, 0.29) is 0 Å². The van der Waals surface area contributed by atoms with Gasteiger partial charge in [-0.15, -0.1) is 0 Å². The van der Waals surface area contributed by atoms with Crippen molar-refractivity contribution in [2.45, 2.75) is 13.8 Å². The molecule has 0 atom stereocenters. The highest BCUT2D eigenvalue weighted by atomic mass is 14.8. The molecular formula is C18H16N2. The fourth-order valence-corrected chi connectivity index (χ4v) is 2.40. The van der Waals surface area contributed by atoms with E-state index in [9.17, 15) is 0 Å². The first-order valence-corrected chi connectivity index (χ1v) is 6.71. The third-order valence-corrected chi connectivity index (χ3v) is 3.36. The van der Waals surface area contributed by atoms with E-state index in [1.165, 1.54) is 5.56 Å². The summed E-state index contributed by atoms with van der Waals surface area (Å²) in [6, 6.07) is 18.4. The minimum atomic E-state index is 0.919. The van der Waals surface area contributed by atoms with Gasteiger partial charge in [0.05, 0.1) is 17.1 Å². The fraction of sp³-hybridized carbons (Fsp3) is 0.111. The van der Waals surface area contributed by atoms with Gasteiger partial charge in [-0.25, -0.2) is 4.98 Å². The summed E-state index contributed by atoms with van der Waals surface area (Å²) in [5.74, 6) is 0. The average Bonchev–Trinajstić information content (AvgIpc) is 2.49. The van der Waals surface area contributed by atoms with Crippen LogP contribution in [0.5, 0.6) is 0 Å². The van der Waals surface area contributed by atoms with E-state index < -0.39 is 0 Å². The van der Waals surface area contributed by atoms with E-state index in [0.29, 0.717) is 0 Å². The Morgan fingerprint density at radius 1 is 0.750 bits per heavy atom. The van der Waals surface area contributed by atoms with Crippen molar-refractivity contribution in [1.82, 2.24) is 9.97 Å². The van der Waals surface area contributed by atoms with Crippen molar-refractivity contribution in [3.63, 3.8) is 0 Å². The third-order valence-electron chi connectivity index (χ3n) is 3.36. The topological polar surface area (TPSA) is 25.8 Å². The molecule has 0 saturated carbocycles. The van der Waals surface area contributed by atoms with Crippen LogP contribution >= 0.6 is 0 Å². The Hall–Kier alpha value is -2.48. The number of nitrogens with zero attached hydrogens (tertiary/aromatic N) is 2. The van der Waals surface area contributed by atoms with E-state index in [4.69, 9.17) is 4.98 Å². The maximum absolute atomic E-state index is 4.85. The number of aryl methyl sites for hydroxylation is 2. The van der Waals surface area contributed by atoms with Gasteiger partial charge in [0, 0.05) is 11.8 Å². The molecule has 0 aliphatic carbocycles. The number of hydrogen-bond donors (Lipinski definition) is 0. The van der Waals surface area contributed by atoms with E-state index in [2.05, 4.69) is 37.0 Å². The van der Waals surface area contributed by atoms with E-state index in [0.717, 1.165) is 28.2 Å². The summed E-state index contributed by atoms with van der Waals surface area (Å²) in [5, 5.41) is 0. The van der Waals surface area contributed by atoms with Gasteiger partial charge in [-0.1, -0.05) is 42.5 Å². The highest BCUT2D eigenvalue weighted by molar-refractivity contribution is 5.69. The maximum atomic E-state index is 4.85. The molecule has 3 aromatic rings. The fourth-order valence-electron chi connectivity index (χ4n) is 2.40. The molecule has 0 aliphatic heterocycles. The molecule has 0 aliphatic rings. The molecule has 0 saturated heterocycles. The van der Waals surface area contributed by atoms with Crippen LogP contribution in [0.25, 0.3) is 22.6 Å². The highest BCUT2D eigenvalue weighted by Gasteiger charge is 2.10. The quantitative estimate of drug-likeness (QED) is 0.681. The van der Waals surface area contributed by atoms with Gasteiger partial charge in [0.15, 0.2) is 0 Å². The van der Waals surface area contributed by atoms with Crippen molar-refractivity contribution in [1.29, 1.82) is 0 Å². The molecule has 0 bridgehead atoms. The summed E-state index contributed by atoms with van der Waals surface area (Å²) in [7, 11) is 0. The lowest BCUT2D eigenvalue weighted by atomic mass is 10.0. The van der Waals surface area contributed by atoms with Crippen molar-refractivity contribution in [3.05, 3.63) is 71.9 Å². The lowest BCUT2D eigenvalue weighted by molar-refractivity contribution is 1.19. The number of rotatable bonds is 2. The molecule has 0 N–H and O–H groups in total. The van der Waals surface area contributed by atoms with Crippen LogP contribution in [-0.4, -0.2) is 9.97 Å². The van der Waals surface area contributed by atoms with Crippen LogP contribution in [0.4, 0.5) is 0 Å². The number of hydrogen-bond acceptors (Lipinski definition) is 2. The second kappa shape index (κ2) is 5.25. The van der Waals surface area contributed by atoms with Crippen molar-refractivity contribution in [3.8, 4) is 22.6 Å². The Bertz CT molecular complexity index is 658. The predicted molar refractivity (Wildman–Crippen MR) is 82.4 cm³/mol. The van der Waals surface area contributed by atoms with Crippen LogP contribution in [-0.2, 0) is 0 Å². The Balaban J connectivity index is 2.19. The van der Waals surface area contributed by atoms with Gasteiger partial charge in [0.25, 0.3) is 0 Å². The number of benzene rings is 1. The normalized spacial score (nSPS) is 10.5. The SMILES string of the molecule is Cc1cc(C)c(-c2ccccn2)nc1-c1ccccc1. The second-order valence-electron chi connectivity index (χ2n) is 4.90. The minimum absolute atomic E-state index is 0.919. The third kappa shape index (κ3) is 2.32. The summed E-state index contributed by atoms with van der Waals surface area (Å²) >= 11 is 0. The van der Waals surface area contributed by atoms with Crippen LogP contribution in [0.2, 0.25) is 0 Å². The summed E-state index contributed by atoms with van der Waals surface area (Å²) in [6.07, 6.45) is 1.80. The Kier molecular flexibility index (Phi) is 3.30. The van der Waals surface area contributed by atoms with Crippen LogP contribution in [0.15, 0.2) is 60.8 Å². The minimum Gasteiger partial charge on any atom is -0.255 e. The monoisotopic (exact) mass is 260 g/mol. The molecule has 3 rings (SSSR count). The molecule has 0 radical (unpaired) electrons. The first-order chi connectivity index (χ1) is 9.75. The van der Waals surface area contributed by atoms with Gasteiger partial charge in [-0.2, -0.15) is 0 Å². The van der Waals surface area contributed by atoms with Gasteiger partial charge >= 0.3 is 0 Å². The van der Waals surface area contributed by atoms with Crippen LogP contribution in [0, 0.1) is 13.8 Å². The molecule has 1 aromatic carbocycles. The first kappa shape index (κ1) is 12.5. The maximum Gasteiger partial charge on any atom is 0.0922 e. The first-order valence-electron chi connectivity index (χ1n) is 6.71. The molecule has 0 unspecified atom stereocenters. The van der Waals surface area contributed by atoms with Crippen molar-refractivity contribution in [2.24, 2.45) is 0 Å². The molecule has 2 aromatic heterocycles. The average molecular weight is 260 g/mol. The number of aromatic nitrogens is 2. The van der Waals surface area contributed by atoms with Gasteiger partial charge in [0.2, 0.25) is 0 Å². The molecular weight excluding hydrogens is 244 g/mol. The lowest BCUT2D eigenvalue weighted by Crippen LogP contribution is -1.96. The molecule has 0 fully saturated rings. The largest absolute Gasteiger partial charge is 0.255 e. The molecule has 0 amide bonds. The summed E-state index contributed by atoms with van der Waals surface area (Å²) in [6.45, 7) is 4.18. The van der Waals surface area contributed by atoms with Gasteiger partial charge in [-0.05, 0) is 37.1 Å². The zero-order valence-electron chi connectivity index (χ0n) is 11.7. The highest BCUT2D eigenvalue weighted by Crippen LogP contribution is 2.27. The molecule has 20 heavy (non-hydrogen) atoms. The summed E-state index contributed by atoms with van der Waals surface area (Å²) < 4.78 is 0. The number of pyridine rings is 2. The second-order valence-corrected chi connectivity index (χ2v) is 4.90. The molecule has 98 valence electrons. The Morgan fingerprint density at radius 2 is 1.45 bits per heavy atom. The molecule has 2 heterocycles. The van der Waals surface area contributed by atoms with E-state index in [1.54, 1.807) is 6.20 Å². The smallest absolute Gasteiger partial charge is 0.0922 e. The lowest BCUT2D eigenvalue weighted by Gasteiger charge is -2.11. The van der Waals surface area contributed by atoms with E-state index >= 15 is 0 Å². The molecule has 2 nitrogen and oxygen atoms in total. The summed E-state index contributed by atoms with van der Waals surface area (Å²) in [5.41, 5.74) is 6.38. The predicted octanol–water partition coefficient (Wildman–Crippen LogP) is 4.43. The zero-order valence-corrected chi connectivity index (χ0v) is 11.7. The van der Waals surface area contributed by atoms with Crippen molar-refractivity contribution in [2.75, 3.05) is 0 Å². The van der Waals surface area contributed by atoms with Gasteiger partial charge in [0.1, 0.15) is 0 Å². The van der Waals surface area contributed by atoms with Gasteiger partial charge < -0.3 is 0 Å². The summed E-state index contributed by atoms with van der Waals surface area (Å²) in [4.78, 5) is 9.26. The molecule has 0 spiro atoms. The standard InChI is InChI=1S/C18H16N2/c1-13-12-14(2)18(16-10-6-7-11-19-16)20-17(13)15-8-4-3-5-9-15/h3-12H,1-2H3. The van der Waals surface area contributed by atoms with Crippen LogP contribution < -0.4 is 0 Å². The van der Waals surface area contributed by atoms with Crippen molar-refractivity contribution >= 4 is 0 Å². The zero-order chi connectivity index (χ0) is 13.9. The van der Waals surface area contributed by atoms with Crippen molar-refractivity contribution < 1.29 is 0 Å². The Morgan fingerprint density at radius 3 is 2.15 bits per heavy atom. The van der Waals surface area contributed by atoms with E-state index in [1.807, 2.05) is 36.4 Å². The Labute approximate surface area is 119 Å². The molecule has 2 heteroatoms. The van der Waals surface area contributed by atoms with Gasteiger partial charge in [-0.3, -0.25) is 4.98 Å². The van der Waals surface area contributed by atoms with Crippen LogP contribution in [0.1, 0.15) is 11.1 Å².